The molecule has 0 aromatic rings. The lowest BCUT2D eigenvalue weighted by Gasteiger charge is -2.31. The van der Waals surface area contributed by atoms with Crippen molar-refractivity contribution in [3.8, 4) is 0 Å². The summed E-state index contributed by atoms with van der Waals surface area (Å²) in [6.07, 6.45) is 4.07. The number of hydrogen-bond donors (Lipinski definition) is 0. The van der Waals surface area contributed by atoms with E-state index in [9.17, 15) is 4.79 Å². The molecule has 0 saturated carbocycles. The fourth-order valence-corrected chi connectivity index (χ4v) is 1.36. The second kappa shape index (κ2) is 5.54. The van der Waals surface area contributed by atoms with Gasteiger partial charge in [0.05, 0.1) is 0 Å². The molecule has 15 heavy (non-hydrogen) atoms. The van der Waals surface area contributed by atoms with Gasteiger partial charge in [-0.2, -0.15) is 0 Å². The largest absolute Gasteiger partial charge is 0.458 e. The van der Waals surface area contributed by atoms with Crippen LogP contribution in [0.25, 0.3) is 0 Å². The molecule has 0 aliphatic carbocycles. The summed E-state index contributed by atoms with van der Waals surface area (Å²) in [6.45, 7) is 16.5. The molecule has 84 valence electrons. The van der Waals surface area contributed by atoms with E-state index >= 15 is 0 Å². The lowest BCUT2D eigenvalue weighted by atomic mass is 9.80. The van der Waals surface area contributed by atoms with Crippen molar-refractivity contribution in [2.24, 2.45) is 5.41 Å². The average molecular weight is 208 g/mol. The normalized spacial score (nSPS) is 12.7. The van der Waals surface area contributed by atoms with Gasteiger partial charge < -0.3 is 4.74 Å². The van der Waals surface area contributed by atoms with Crippen LogP contribution in [0, 0.1) is 5.41 Å². The first-order valence-corrected chi connectivity index (χ1v) is 5.07. The van der Waals surface area contributed by atoms with Crippen LogP contribution in [0.2, 0.25) is 0 Å². The Morgan fingerprint density at radius 1 is 1.47 bits per heavy atom. The standard InChI is InChI=1S/C13H20O2/c1-7-13(8-2,9-3)11(6)15-12(14)10(4)5/h7-8,11H,1-2,4,9H2,3,5-6H3. The summed E-state index contributed by atoms with van der Waals surface area (Å²) in [5.41, 5.74) is 0.0467. The van der Waals surface area contributed by atoms with Gasteiger partial charge in [0.1, 0.15) is 6.10 Å². The predicted octanol–water partition coefficient (Wildman–Crippen LogP) is 3.26. The first-order valence-electron chi connectivity index (χ1n) is 5.07. The summed E-state index contributed by atoms with van der Waals surface area (Å²) < 4.78 is 5.27. The summed E-state index contributed by atoms with van der Waals surface area (Å²) in [5.74, 6) is -0.371. The van der Waals surface area contributed by atoms with Gasteiger partial charge in [-0.1, -0.05) is 25.7 Å². The molecule has 0 fully saturated rings. The average Bonchev–Trinajstić information content (AvgIpc) is 2.21. The Morgan fingerprint density at radius 3 is 2.20 bits per heavy atom. The van der Waals surface area contributed by atoms with Crippen LogP contribution in [-0.4, -0.2) is 12.1 Å². The number of carbonyl (C=O) groups excluding carboxylic acids is 1. The van der Waals surface area contributed by atoms with Crippen molar-refractivity contribution in [2.45, 2.75) is 33.3 Å². The van der Waals surface area contributed by atoms with E-state index in [-0.39, 0.29) is 17.5 Å². The maximum Gasteiger partial charge on any atom is 0.333 e. The molecule has 2 nitrogen and oxygen atoms in total. The molecule has 0 radical (unpaired) electrons. The van der Waals surface area contributed by atoms with E-state index in [4.69, 9.17) is 4.74 Å². The number of hydrogen-bond acceptors (Lipinski definition) is 2. The van der Waals surface area contributed by atoms with Crippen LogP contribution >= 0.6 is 0 Å². The molecule has 0 aliphatic rings. The zero-order chi connectivity index (χ0) is 12.1. The first-order chi connectivity index (χ1) is 6.93. The lowest BCUT2D eigenvalue weighted by Crippen LogP contribution is -2.32. The zero-order valence-corrected chi connectivity index (χ0v) is 9.88. The van der Waals surface area contributed by atoms with Crippen molar-refractivity contribution in [1.82, 2.24) is 0 Å². The predicted molar refractivity (Wildman–Crippen MR) is 63.5 cm³/mol. The third kappa shape index (κ3) is 3.08. The molecule has 2 heteroatoms. The van der Waals surface area contributed by atoms with Crippen molar-refractivity contribution < 1.29 is 9.53 Å². The van der Waals surface area contributed by atoms with E-state index in [2.05, 4.69) is 19.7 Å². The monoisotopic (exact) mass is 208 g/mol. The van der Waals surface area contributed by atoms with Crippen molar-refractivity contribution in [3.63, 3.8) is 0 Å². The Kier molecular flexibility index (Phi) is 5.06. The summed E-state index contributed by atoms with van der Waals surface area (Å²) in [5, 5.41) is 0. The quantitative estimate of drug-likeness (QED) is 0.380. The van der Waals surface area contributed by atoms with Gasteiger partial charge in [-0.05, 0) is 20.3 Å². The van der Waals surface area contributed by atoms with E-state index in [1.54, 1.807) is 19.1 Å². The number of carbonyl (C=O) groups is 1. The SMILES string of the molecule is C=CC(C=C)(CC)C(C)OC(=O)C(=C)C. The second-order valence-corrected chi connectivity index (χ2v) is 3.70. The van der Waals surface area contributed by atoms with Gasteiger partial charge in [0.25, 0.3) is 0 Å². The molecule has 0 aromatic heterocycles. The molecular weight excluding hydrogens is 188 g/mol. The third-order valence-electron chi connectivity index (χ3n) is 2.76. The molecular formula is C13H20O2. The van der Waals surface area contributed by atoms with Crippen molar-refractivity contribution in [2.75, 3.05) is 0 Å². The van der Waals surface area contributed by atoms with Crippen LogP contribution < -0.4 is 0 Å². The molecule has 0 aliphatic heterocycles. The summed E-state index contributed by atoms with van der Waals surface area (Å²) in [4.78, 5) is 11.4. The fourth-order valence-electron chi connectivity index (χ4n) is 1.36. The van der Waals surface area contributed by atoms with Crippen molar-refractivity contribution in [1.29, 1.82) is 0 Å². The Balaban J connectivity index is 4.73. The second-order valence-electron chi connectivity index (χ2n) is 3.70. The van der Waals surface area contributed by atoms with E-state index in [0.717, 1.165) is 6.42 Å². The topological polar surface area (TPSA) is 26.3 Å². The Morgan fingerprint density at radius 2 is 1.93 bits per heavy atom. The maximum absolute atomic E-state index is 11.4. The van der Waals surface area contributed by atoms with Gasteiger partial charge in [-0.25, -0.2) is 4.79 Å². The van der Waals surface area contributed by atoms with Gasteiger partial charge in [-0.15, -0.1) is 13.2 Å². The Hall–Kier alpha value is -1.31. The van der Waals surface area contributed by atoms with E-state index in [0.29, 0.717) is 5.57 Å². The minimum atomic E-state index is -0.371. The van der Waals surface area contributed by atoms with Gasteiger partial charge >= 0.3 is 5.97 Å². The van der Waals surface area contributed by atoms with Crippen LogP contribution in [0.3, 0.4) is 0 Å². The smallest absolute Gasteiger partial charge is 0.333 e. The van der Waals surface area contributed by atoms with Gasteiger partial charge in [0, 0.05) is 11.0 Å². The molecule has 0 spiro atoms. The minimum absolute atomic E-state index is 0.276. The van der Waals surface area contributed by atoms with Gasteiger partial charge in [0.2, 0.25) is 0 Å². The minimum Gasteiger partial charge on any atom is -0.458 e. The van der Waals surface area contributed by atoms with Gasteiger partial charge in [0.15, 0.2) is 0 Å². The maximum atomic E-state index is 11.4. The zero-order valence-electron chi connectivity index (χ0n) is 9.88. The van der Waals surface area contributed by atoms with Crippen LogP contribution in [0.4, 0.5) is 0 Å². The summed E-state index contributed by atoms with van der Waals surface area (Å²) in [6, 6.07) is 0. The highest BCUT2D eigenvalue weighted by Crippen LogP contribution is 2.31. The molecule has 0 aromatic carbocycles. The lowest BCUT2D eigenvalue weighted by molar-refractivity contribution is -0.147. The van der Waals surface area contributed by atoms with Crippen LogP contribution in [0.1, 0.15) is 27.2 Å². The highest BCUT2D eigenvalue weighted by atomic mass is 16.5. The van der Waals surface area contributed by atoms with Crippen LogP contribution in [0.5, 0.6) is 0 Å². The Labute approximate surface area is 92.3 Å². The van der Waals surface area contributed by atoms with E-state index < -0.39 is 0 Å². The molecule has 1 atom stereocenters. The van der Waals surface area contributed by atoms with E-state index in [1.165, 1.54) is 0 Å². The molecule has 0 amide bonds. The van der Waals surface area contributed by atoms with Crippen LogP contribution in [0.15, 0.2) is 37.5 Å². The Bertz CT molecular complexity index is 268. The van der Waals surface area contributed by atoms with E-state index in [1.807, 2.05) is 13.8 Å². The van der Waals surface area contributed by atoms with Crippen molar-refractivity contribution in [3.05, 3.63) is 37.5 Å². The van der Waals surface area contributed by atoms with Gasteiger partial charge in [-0.3, -0.25) is 0 Å². The molecule has 0 N–H and O–H groups in total. The molecule has 0 rings (SSSR count). The number of ether oxygens (including phenoxy) is 1. The molecule has 0 bridgehead atoms. The first kappa shape index (κ1) is 13.7. The molecule has 1 unspecified atom stereocenters. The molecule has 0 saturated heterocycles. The summed E-state index contributed by atoms with van der Waals surface area (Å²) >= 11 is 0. The van der Waals surface area contributed by atoms with Crippen molar-refractivity contribution >= 4 is 5.97 Å². The highest BCUT2D eigenvalue weighted by Gasteiger charge is 2.31. The fraction of sp³-hybridized carbons (Fsp3) is 0.462. The number of esters is 1. The highest BCUT2D eigenvalue weighted by molar-refractivity contribution is 5.87. The third-order valence-corrected chi connectivity index (χ3v) is 2.76. The van der Waals surface area contributed by atoms with Crippen LogP contribution in [-0.2, 0) is 9.53 Å². The molecule has 0 heterocycles. The summed E-state index contributed by atoms with van der Waals surface area (Å²) in [7, 11) is 0. The number of rotatable bonds is 6.